The van der Waals surface area contributed by atoms with Crippen molar-refractivity contribution >= 4 is 0 Å². The minimum absolute atomic E-state index is 0.237. The van der Waals surface area contributed by atoms with Gasteiger partial charge in [-0.05, 0) is 25.0 Å². The first-order chi connectivity index (χ1) is 12.6. The molecule has 2 bridgehead atoms. The first kappa shape index (κ1) is 17.6. The lowest BCUT2D eigenvalue weighted by Gasteiger charge is -2.52. The molecule has 1 N–H and O–H groups in total. The van der Waals surface area contributed by atoms with Crippen LogP contribution in [0.1, 0.15) is 56.1 Å². The molecular weight excluding hydrogens is 324 g/mol. The summed E-state index contributed by atoms with van der Waals surface area (Å²) in [6.45, 7) is 6.87. The number of hydrogen-bond donors (Lipinski definition) is 1. The monoisotopic (exact) mass is 352 g/mol. The van der Waals surface area contributed by atoms with Gasteiger partial charge in [0.05, 0.1) is 5.69 Å². The molecule has 2 aromatic heterocycles. The van der Waals surface area contributed by atoms with E-state index >= 15 is 0 Å². The summed E-state index contributed by atoms with van der Waals surface area (Å²) in [5.41, 5.74) is 1.21. The highest BCUT2D eigenvalue weighted by Gasteiger charge is 2.52. The fourth-order valence-electron chi connectivity index (χ4n) is 4.69. The van der Waals surface area contributed by atoms with E-state index in [1.54, 1.807) is 6.20 Å². The number of fused-ring (bicyclic) bond motifs is 2. The molecule has 2 aliphatic rings. The summed E-state index contributed by atoms with van der Waals surface area (Å²) in [5, 5.41) is 11.6. The second kappa shape index (κ2) is 7.05. The molecule has 1 aliphatic carbocycles. The van der Waals surface area contributed by atoms with Gasteiger partial charge in [-0.3, -0.25) is 9.88 Å². The summed E-state index contributed by atoms with van der Waals surface area (Å²) in [6.07, 6.45) is 9.02. The zero-order valence-corrected chi connectivity index (χ0v) is 15.7. The SMILES string of the molecule is CC(C)c1ncc(CN2C[C@H]3CCC[C@H](C2)C3(O)c2ccccn2)cn1. The molecule has 1 aliphatic heterocycles. The molecule has 5 nitrogen and oxygen atoms in total. The topological polar surface area (TPSA) is 62.1 Å². The third kappa shape index (κ3) is 3.14. The van der Waals surface area contributed by atoms with Crippen LogP contribution in [0.5, 0.6) is 0 Å². The van der Waals surface area contributed by atoms with Gasteiger partial charge in [0.15, 0.2) is 0 Å². The molecule has 3 heterocycles. The maximum atomic E-state index is 11.6. The van der Waals surface area contributed by atoms with Crippen molar-refractivity contribution in [3.63, 3.8) is 0 Å². The minimum Gasteiger partial charge on any atom is -0.383 e. The molecule has 5 heteroatoms. The predicted octanol–water partition coefficient (Wildman–Crippen LogP) is 3.11. The van der Waals surface area contributed by atoms with Crippen molar-refractivity contribution in [1.82, 2.24) is 19.9 Å². The number of piperidine rings is 1. The molecule has 1 saturated heterocycles. The van der Waals surface area contributed by atoms with Gasteiger partial charge in [0.2, 0.25) is 0 Å². The highest BCUT2D eigenvalue weighted by Crippen LogP contribution is 2.48. The van der Waals surface area contributed by atoms with Gasteiger partial charge in [0, 0.05) is 61.5 Å². The zero-order chi connectivity index (χ0) is 18.1. The minimum atomic E-state index is -0.784. The highest BCUT2D eigenvalue weighted by atomic mass is 16.3. The molecule has 1 saturated carbocycles. The summed E-state index contributed by atoms with van der Waals surface area (Å²) in [7, 11) is 0. The zero-order valence-electron chi connectivity index (χ0n) is 15.7. The molecule has 4 rings (SSSR count). The maximum absolute atomic E-state index is 11.6. The Bertz CT molecular complexity index is 717. The third-order valence-corrected chi connectivity index (χ3v) is 6.03. The van der Waals surface area contributed by atoms with Crippen molar-refractivity contribution in [2.75, 3.05) is 13.1 Å². The Morgan fingerprint density at radius 1 is 1.12 bits per heavy atom. The van der Waals surface area contributed by atoms with Gasteiger partial charge in [-0.25, -0.2) is 9.97 Å². The second-order valence-electron chi connectivity index (χ2n) is 8.16. The quantitative estimate of drug-likeness (QED) is 0.916. The van der Waals surface area contributed by atoms with E-state index in [2.05, 4.69) is 33.7 Å². The van der Waals surface area contributed by atoms with Crippen molar-refractivity contribution < 1.29 is 5.11 Å². The van der Waals surface area contributed by atoms with Crippen LogP contribution in [0.15, 0.2) is 36.8 Å². The van der Waals surface area contributed by atoms with E-state index in [0.717, 1.165) is 49.6 Å². The van der Waals surface area contributed by atoms with Gasteiger partial charge in [0.1, 0.15) is 11.4 Å². The van der Waals surface area contributed by atoms with E-state index < -0.39 is 5.60 Å². The Morgan fingerprint density at radius 3 is 2.38 bits per heavy atom. The van der Waals surface area contributed by atoms with E-state index in [1.807, 2.05) is 30.6 Å². The molecule has 2 aromatic rings. The van der Waals surface area contributed by atoms with Crippen molar-refractivity contribution in [2.24, 2.45) is 11.8 Å². The van der Waals surface area contributed by atoms with E-state index in [1.165, 1.54) is 6.42 Å². The highest BCUT2D eigenvalue weighted by molar-refractivity contribution is 5.20. The predicted molar refractivity (Wildman–Crippen MR) is 100 cm³/mol. The molecule has 0 unspecified atom stereocenters. The van der Waals surface area contributed by atoms with Gasteiger partial charge < -0.3 is 5.11 Å². The molecular formula is C21H28N4O. The van der Waals surface area contributed by atoms with Gasteiger partial charge in [-0.1, -0.05) is 26.3 Å². The lowest BCUT2D eigenvalue weighted by Crippen LogP contribution is -2.58. The van der Waals surface area contributed by atoms with E-state index in [0.29, 0.717) is 5.92 Å². The Kier molecular flexibility index (Phi) is 4.76. The molecule has 0 radical (unpaired) electrons. The van der Waals surface area contributed by atoms with Gasteiger partial charge in [-0.15, -0.1) is 0 Å². The number of aliphatic hydroxyl groups is 1. The van der Waals surface area contributed by atoms with Crippen LogP contribution in [0.2, 0.25) is 0 Å². The van der Waals surface area contributed by atoms with Crippen LogP contribution >= 0.6 is 0 Å². The summed E-state index contributed by atoms with van der Waals surface area (Å²) < 4.78 is 0. The Labute approximate surface area is 155 Å². The van der Waals surface area contributed by atoms with Crippen LogP contribution in [0.3, 0.4) is 0 Å². The summed E-state index contributed by atoms with van der Waals surface area (Å²) in [4.78, 5) is 16.0. The Hall–Kier alpha value is -1.85. The van der Waals surface area contributed by atoms with Crippen LogP contribution in [0, 0.1) is 11.8 Å². The number of pyridine rings is 1. The molecule has 0 aromatic carbocycles. The van der Waals surface area contributed by atoms with Crippen molar-refractivity contribution in [3.05, 3.63) is 53.9 Å². The standard InChI is InChI=1S/C21H28N4O/c1-15(2)20-23-10-16(11-24-20)12-25-13-17-6-5-7-18(14-25)21(17,26)19-8-3-4-9-22-19/h3-4,8-11,15,17-18,26H,5-7,12-14H2,1-2H3/t17-,18-/m1/s1. The van der Waals surface area contributed by atoms with E-state index in [4.69, 9.17) is 0 Å². The van der Waals surface area contributed by atoms with Crippen molar-refractivity contribution in [1.29, 1.82) is 0 Å². The van der Waals surface area contributed by atoms with Crippen LogP contribution < -0.4 is 0 Å². The normalized spacial score (nSPS) is 29.1. The number of aromatic nitrogens is 3. The Balaban J connectivity index is 1.51. The maximum Gasteiger partial charge on any atom is 0.130 e. The van der Waals surface area contributed by atoms with E-state index in [-0.39, 0.29) is 11.8 Å². The molecule has 26 heavy (non-hydrogen) atoms. The van der Waals surface area contributed by atoms with Crippen LogP contribution in [0.25, 0.3) is 0 Å². The second-order valence-corrected chi connectivity index (χ2v) is 8.16. The van der Waals surface area contributed by atoms with Crippen molar-refractivity contribution in [2.45, 2.75) is 51.2 Å². The van der Waals surface area contributed by atoms with Crippen LogP contribution in [-0.4, -0.2) is 38.0 Å². The number of nitrogens with zero attached hydrogens (tertiary/aromatic N) is 4. The number of likely N-dealkylation sites (tertiary alicyclic amines) is 1. The molecule has 138 valence electrons. The first-order valence-corrected chi connectivity index (χ1v) is 9.74. The van der Waals surface area contributed by atoms with Gasteiger partial charge in [0.25, 0.3) is 0 Å². The fourth-order valence-corrected chi connectivity index (χ4v) is 4.69. The Morgan fingerprint density at radius 2 is 1.81 bits per heavy atom. The van der Waals surface area contributed by atoms with Crippen LogP contribution in [0.4, 0.5) is 0 Å². The molecule has 2 atom stereocenters. The van der Waals surface area contributed by atoms with Crippen LogP contribution in [-0.2, 0) is 12.1 Å². The molecule has 0 amide bonds. The summed E-state index contributed by atoms with van der Waals surface area (Å²) in [6, 6.07) is 5.88. The average Bonchev–Trinajstić information content (AvgIpc) is 2.64. The van der Waals surface area contributed by atoms with Gasteiger partial charge in [-0.2, -0.15) is 0 Å². The van der Waals surface area contributed by atoms with Crippen molar-refractivity contribution in [3.8, 4) is 0 Å². The molecule has 0 spiro atoms. The summed E-state index contributed by atoms with van der Waals surface area (Å²) >= 11 is 0. The number of hydrogen-bond acceptors (Lipinski definition) is 5. The molecule has 2 fully saturated rings. The van der Waals surface area contributed by atoms with E-state index in [9.17, 15) is 5.11 Å². The largest absolute Gasteiger partial charge is 0.383 e. The fraction of sp³-hybridized carbons (Fsp3) is 0.571. The first-order valence-electron chi connectivity index (χ1n) is 9.74. The number of rotatable bonds is 4. The smallest absolute Gasteiger partial charge is 0.130 e. The van der Waals surface area contributed by atoms with Gasteiger partial charge >= 0.3 is 0 Å². The lowest BCUT2D eigenvalue weighted by atomic mass is 9.64. The summed E-state index contributed by atoms with van der Waals surface area (Å²) in [5.74, 6) is 1.72. The third-order valence-electron chi connectivity index (χ3n) is 6.03. The lowest BCUT2D eigenvalue weighted by molar-refractivity contribution is -0.151. The average molecular weight is 352 g/mol.